The van der Waals surface area contributed by atoms with Gasteiger partial charge in [-0.2, -0.15) is 0 Å². The predicted molar refractivity (Wildman–Crippen MR) is 36.7 cm³/mol. The quantitative estimate of drug-likeness (QED) is 0.493. The van der Waals surface area contributed by atoms with E-state index in [4.69, 9.17) is 5.73 Å². The average Bonchev–Trinajstić information content (AvgIpc) is 1.61. The number of hydrogen-bond donors (Lipinski definition) is 1. The summed E-state index contributed by atoms with van der Waals surface area (Å²) in [5, 5.41) is 0. The van der Waals surface area contributed by atoms with Gasteiger partial charge in [-0.05, 0) is 13.0 Å². The SMILES string of the molecule is CC(Br)C=CC(N)=O. The normalized spacial score (nSPS) is 14.2. The van der Waals surface area contributed by atoms with Gasteiger partial charge in [0.1, 0.15) is 0 Å². The van der Waals surface area contributed by atoms with E-state index in [2.05, 4.69) is 15.9 Å². The first-order chi connectivity index (χ1) is 3.63. The van der Waals surface area contributed by atoms with Crippen molar-refractivity contribution >= 4 is 21.8 Å². The fraction of sp³-hybridized carbons (Fsp3) is 0.400. The molecule has 2 nitrogen and oxygen atoms in total. The molecular formula is C5H8BrNO. The van der Waals surface area contributed by atoms with Gasteiger partial charge in [0.05, 0.1) is 0 Å². The van der Waals surface area contributed by atoms with E-state index in [-0.39, 0.29) is 4.83 Å². The third-order valence-corrected chi connectivity index (χ3v) is 0.831. The summed E-state index contributed by atoms with van der Waals surface area (Å²) in [4.78, 5) is 10.2. The number of primary amides is 1. The summed E-state index contributed by atoms with van der Waals surface area (Å²) in [5.74, 6) is -0.406. The number of allylic oxidation sites excluding steroid dienone is 1. The van der Waals surface area contributed by atoms with Gasteiger partial charge in [-0.25, -0.2) is 0 Å². The van der Waals surface area contributed by atoms with Crippen LogP contribution in [0.4, 0.5) is 0 Å². The Balaban J connectivity index is 3.50. The summed E-state index contributed by atoms with van der Waals surface area (Å²) in [5.41, 5.74) is 4.79. The molecule has 0 bridgehead atoms. The summed E-state index contributed by atoms with van der Waals surface area (Å²) in [6, 6.07) is 0. The first-order valence-corrected chi connectivity index (χ1v) is 3.16. The molecule has 0 saturated carbocycles. The lowest BCUT2D eigenvalue weighted by Gasteiger charge is -1.86. The highest BCUT2D eigenvalue weighted by Crippen LogP contribution is 1.96. The average molecular weight is 178 g/mol. The van der Waals surface area contributed by atoms with Gasteiger partial charge in [0.25, 0.3) is 0 Å². The molecule has 0 aliphatic heterocycles. The zero-order valence-corrected chi connectivity index (χ0v) is 6.18. The van der Waals surface area contributed by atoms with Crippen LogP contribution in [-0.4, -0.2) is 10.7 Å². The van der Waals surface area contributed by atoms with Crippen LogP contribution in [0.3, 0.4) is 0 Å². The van der Waals surface area contributed by atoms with Gasteiger partial charge in [0.15, 0.2) is 0 Å². The number of amides is 1. The van der Waals surface area contributed by atoms with Crippen molar-refractivity contribution in [3.8, 4) is 0 Å². The molecule has 0 saturated heterocycles. The van der Waals surface area contributed by atoms with Crippen LogP contribution in [0.25, 0.3) is 0 Å². The van der Waals surface area contributed by atoms with E-state index in [1.165, 1.54) is 6.08 Å². The van der Waals surface area contributed by atoms with E-state index in [1.54, 1.807) is 6.08 Å². The van der Waals surface area contributed by atoms with Crippen LogP contribution in [0.1, 0.15) is 6.92 Å². The van der Waals surface area contributed by atoms with Crippen molar-refractivity contribution in [3.05, 3.63) is 12.2 Å². The number of carbonyl (C=O) groups excluding carboxylic acids is 1. The molecule has 0 heterocycles. The lowest BCUT2D eigenvalue weighted by Crippen LogP contribution is -2.06. The predicted octanol–water partition coefficient (Wildman–Crippen LogP) is 0.811. The molecule has 1 atom stereocenters. The van der Waals surface area contributed by atoms with E-state index in [0.717, 1.165) is 0 Å². The van der Waals surface area contributed by atoms with E-state index in [9.17, 15) is 4.79 Å². The fourth-order valence-electron chi connectivity index (χ4n) is 0.227. The van der Waals surface area contributed by atoms with Crippen LogP contribution in [0.2, 0.25) is 0 Å². The zero-order chi connectivity index (χ0) is 6.57. The third-order valence-electron chi connectivity index (χ3n) is 0.526. The van der Waals surface area contributed by atoms with E-state index in [0.29, 0.717) is 0 Å². The van der Waals surface area contributed by atoms with E-state index >= 15 is 0 Å². The molecule has 46 valence electrons. The summed E-state index contributed by atoms with van der Waals surface area (Å²) in [6.07, 6.45) is 3.02. The lowest BCUT2D eigenvalue weighted by molar-refractivity contribution is -0.113. The standard InChI is InChI=1S/C5H8BrNO/c1-4(6)2-3-5(7)8/h2-4H,1H3,(H2,7,8). The molecule has 0 aliphatic rings. The molecule has 2 N–H and O–H groups in total. The van der Waals surface area contributed by atoms with Gasteiger partial charge in [-0.1, -0.05) is 22.0 Å². The largest absolute Gasteiger partial charge is 0.366 e. The maximum atomic E-state index is 10.0. The van der Waals surface area contributed by atoms with Crippen molar-refractivity contribution in [2.45, 2.75) is 11.8 Å². The van der Waals surface area contributed by atoms with Gasteiger partial charge in [0, 0.05) is 4.83 Å². The molecule has 0 aromatic rings. The Morgan fingerprint density at radius 3 is 2.50 bits per heavy atom. The second-order valence-corrected chi connectivity index (χ2v) is 2.88. The molecular weight excluding hydrogens is 170 g/mol. The van der Waals surface area contributed by atoms with Gasteiger partial charge < -0.3 is 5.73 Å². The molecule has 3 heteroatoms. The van der Waals surface area contributed by atoms with Crippen LogP contribution >= 0.6 is 15.9 Å². The van der Waals surface area contributed by atoms with Crippen LogP contribution in [-0.2, 0) is 4.79 Å². The molecule has 0 rings (SSSR count). The molecule has 1 unspecified atom stereocenters. The second-order valence-electron chi connectivity index (χ2n) is 1.44. The van der Waals surface area contributed by atoms with Crippen molar-refractivity contribution < 1.29 is 4.79 Å². The van der Waals surface area contributed by atoms with Crippen molar-refractivity contribution in [1.82, 2.24) is 0 Å². The Labute approximate surface area is 56.9 Å². The van der Waals surface area contributed by atoms with Crippen molar-refractivity contribution in [2.75, 3.05) is 0 Å². The second kappa shape index (κ2) is 3.66. The molecule has 0 fully saturated rings. The van der Waals surface area contributed by atoms with Gasteiger partial charge in [-0.3, -0.25) is 4.79 Å². The number of carbonyl (C=O) groups is 1. The number of hydrogen-bond acceptors (Lipinski definition) is 1. The number of alkyl halides is 1. The molecule has 1 amide bonds. The van der Waals surface area contributed by atoms with Crippen molar-refractivity contribution in [1.29, 1.82) is 0 Å². The molecule has 0 aromatic heterocycles. The molecule has 8 heavy (non-hydrogen) atoms. The summed E-state index contributed by atoms with van der Waals surface area (Å²) in [7, 11) is 0. The van der Waals surface area contributed by atoms with Crippen LogP contribution < -0.4 is 5.73 Å². The highest BCUT2D eigenvalue weighted by molar-refractivity contribution is 9.09. The zero-order valence-electron chi connectivity index (χ0n) is 4.60. The minimum atomic E-state index is -0.406. The van der Waals surface area contributed by atoms with Gasteiger partial charge >= 0.3 is 0 Å². The number of halogens is 1. The smallest absolute Gasteiger partial charge is 0.241 e. The van der Waals surface area contributed by atoms with Crippen molar-refractivity contribution in [3.63, 3.8) is 0 Å². The van der Waals surface area contributed by atoms with Crippen LogP contribution in [0.5, 0.6) is 0 Å². The number of nitrogens with two attached hydrogens (primary N) is 1. The third kappa shape index (κ3) is 5.69. The van der Waals surface area contributed by atoms with E-state index in [1.807, 2.05) is 6.92 Å². The van der Waals surface area contributed by atoms with Gasteiger partial charge in [0.2, 0.25) is 5.91 Å². The van der Waals surface area contributed by atoms with Crippen LogP contribution in [0, 0.1) is 0 Å². The first kappa shape index (κ1) is 7.69. The summed E-state index contributed by atoms with van der Waals surface area (Å²) < 4.78 is 0. The Morgan fingerprint density at radius 1 is 1.88 bits per heavy atom. The summed E-state index contributed by atoms with van der Waals surface area (Å²) in [6.45, 7) is 1.90. The highest BCUT2D eigenvalue weighted by atomic mass is 79.9. The summed E-state index contributed by atoms with van der Waals surface area (Å²) >= 11 is 3.21. The molecule has 0 aromatic carbocycles. The highest BCUT2D eigenvalue weighted by Gasteiger charge is 1.86. The fourth-order valence-corrected chi connectivity index (χ4v) is 0.380. The minimum absolute atomic E-state index is 0.218. The Morgan fingerprint density at radius 2 is 2.38 bits per heavy atom. The van der Waals surface area contributed by atoms with E-state index < -0.39 is 5.91 Å². The van der Waals surface area contributed by atoms with Crippen molar-refractivity contribution in [2.24, 2.45) is 5.73 Å². The maximum Gasteiger partial charge on any atom is 0.241 e. The maximum absolute atomic E-state index is 10.0. The topological polar surface area (TPSA) is 43.1 Å². The Kier molecular flexibility index (Phi) is 3.52. The molecule has 0 radical (unpaired) electrons. The minimum Gasteiger partial charge on any atom is -0.366 e. The molecule has 0 aliphatic carbocycles. The number of rotatable bonds is 2. The Bertz CT molecular complexity index is 109. The molecule has 0 spiro atoms. The van der Waals surface area contributed by atoms with Crippen LogP contribution in [0.15, 0.2) is 12.2 Å². The Hall–Kier alpha value is -0.310. The first-order valence-electron chi connectivity index (χ1n) is 2.24. The lowest BCUT2D eigenvalue weighted by atomic mass is 10.4. The monoisotopic (exact) mass is 177 g/mol. The van der Waals surface area contributed by atoms with Gasteiger partial charge in [-0.15, -0.1) is 0 Å².